The lowest BCUT2D eigenvalue weighted by molar-refractivity contribution is 0.443. The summed E-state index contributed by atoms with van der Waals surface area (Å²) >= 11 is 0. The van der Waals surface area contributed by atoms with E-state index >= 15 is 0 Å². The van der Waals surface area contributed by atoms with Crippen molar-refractivity contribution >= 4 is 38.6 Å². The fourth-order valence-electron chi connectivity index (χ4n) is 10.6. The van der Waals surface area contributed by atoms with Gasteiger partial charge in [0.25, 0.3) is 0 Å². The highest BCUT2D eigenvalue weighted by molar-refractivity contribution is 6.16. The average molecular weight is 904 g/mol. The predicted molar refractivity (Wildman–Crippen MR) is 300 cm³/mol. The Labute approximate surface area is 413 Å². The second kappa shape index (κ2) is 22.1. The third-order valence-corrected chi connectivity index (χ3v) is 15.3. The molecule has 0 heterocycles. The van der Waals surface area contributed by atoms with Crippen LogP contribution in [0.1, 0.15) is 207 Å². The van der Waals surface area contributed by atoms with Crippen molar-refractivity contribution in [2.75, 3.05) is 4.90 Å². The fraction of sp³-hybridized carbons (Fsp3) is 0.433. The Kier molecular flexibility index (Phi) is 16.5. The SMILES string of the molecule is Cc1c2cc(C(C)(C)C)ccc2c(N(c2ccc(C(C)C)cc2)c2ccc(C3CCCCC3)cc2)c2cc(C(C)(C)C)ccc12.Cc1ccc(C(C)C)cc1.Cc1ccc(C2CCCCC2)cc1. The molecule has 2 fully saturated rings. The van der Waals surface area contributed by atoms with Crippen molar-refractivity contribution in [3.63, 3.8) is 0 Å². The number of benzene rings is 7. The summed E-state index contributed by atoms with van der Waals surface area (Å²) in [4.78, 5) is 2.54. The zero-order chi connectivity index (χ0) is 48.8. The van der Waals surface area contributed by atoms with Crippen LogP contribution in [-0.4, -0.2) is 0 Å². The summed E-state index contributed by atoms with van der Waals surface area (Å²) in [5, 5.41) is 5.30. The first-order valence-corrected chi connectivity index (χ1v) is 26.5. The molecule has 1 heteroatoms. The van der Waals surface area contributed by atoms with Crippen LogP contribution in [0, 0.1) is 20.8 Å². The molecule has 0 radical (unpaired) electrons. The number of rotatable bonds is 7. The summed E-state index contributed by atoms with van der Waals surface area (Å²) in [6, 6.07) is 51.1. The van der Waals surface area contributed by atoms with E-state index in [0.717, 1.165) is 5.92 Å². The first-order chi connectivity index (χ1) is 32.4. The van der Waals surface area contributed by atoms with Gasteiger partial charge in [-0.25, -0.2) is 0 Å². The van der Waals surface area contributed by atoms with Crippen molar-refractivity contribution in [1.82, 2.24) is 0 Å². The third-order valence-electron chi connectivity index (χ3n) is 15.3. The molecular formula is C67H85N. The van der Waals surface area contributed by atoms with E-state index < -0.39 is 0 Å². The van der Waals surface area contributed by atoms with Gasteiger partial charge in [0, 0.05) is 22.1 Å². The van der Waals surface area contributed by atoms with E-state index in [2.05, 4.69) is 228 Å². The van der Waals surface area contributed by atoms with Gasteiger partial charge in [-0.1, -0.05) is 222 Å². The maximum absolute atomic E-state index is 2.54. The van der Waals surface area contributed by atoms with Gasteiger partial charge in [0.05, 0.1) is 5.69 Å². The lowest BCUT2D eigenvalue weighted by Gasteiger charge is -2.31. The minimum absolute atomic E-state index is 0.0514. The molecule has 68 heavy (non-hydrogen) atoms. The van der Waals surface area contributed by atoms with Gasteiger partial charge in [-0.15, -0.1) is 0 Å². The highest BCUT2D eigenvalue weighted by atomic mass is 15.1. The molecule has 9 rings (SSSR count). The zero-order valence-corrected chi connectivity index (χ0v) is 44.5. The van der Waals surface area contributed by atoms with Crippen LogP contribution in [0.15, 0.2) is 133 Å². The summed E-state index contributed by atoms with van der Waals surface area (Å²) in [5.74, 6) is 2.70. The summed E-state index contributed by atoms with van der Waals surface area (Å²) < 4.78 is 0. The van der Waals surface area contributed by atoms with Gasteiger partial charge in [-0.2, -0.15) is 0 Å². The van der Waals surface area contributed by atoms with Gasteiger partial charge >= 0.3 is 0 Å². The van der Waals surface area contributed by atoms with E-state index in [-0.39, 0.29) is 10.8 Å². The minimum atomic E-state index is 0.0514. The van der Waals surface area contributed by atoms with Crippen LogP contribution < -0.4 is 4.90 Å². The quantitative estimate of drug-likeness (QED) is 0.144. The molecule has 0 N–H and O–H groups in total. The van der Waals surface area contributed by atoms with Crippen LogP contribution in [0.25, 0.3) is 21.5 Å². The molecule has 1 nitrogen and oxygen atoms in total. The summed E-state index contributed by atoms with van der Waals surface area (Å²) in [5.41, 5.74) is 16.5. The van der Waals surface area contributed by atoms with Crippen molar-refractivity contribution in [2.45, 2.75) is 189 Å². The number of fused-ring (bicyclic) bond motifs is 2. The lowest BCUT2D eigenvalue weighted by Crippen LogP contribution is -2.15. The summed E-state index contributed by atoms with van der Waals surface area (Å²) in [7, 11) is 0. The van der Waals surface area contributed by atoms with Crippen LogP contribution >= 0.6 is 0 Å². The minimum Gasteiger partial charge on any atom is -0.309 e. The van der Waals surface area contributed by atoms with E-state index in [4.69, 9.17) is 0 Å². The molecule has 0 bridgehead atoms. The van der Waals surface area contributed by atoms with Gasteiger partial charge < -0.3 is 4.90 Å². The Morgan fingerprint density at radius 2 is 0.765 bits per heavy atom. The summed E-state index contributed by atoms with van der Waals surface area (Å²) in [6.45, 7) is 29.5. The van der Waals surface area contributed by atoms with E-state index in [1.807, 2.05) is 0 Å². The molecule has 2 aliphatic carbocycles. The molecule has 7 aromatic rings. The number of nitrogens with zero attached hydrogens (tertiary/aromatic N) is 1. The first kappa shape index (κ1) is 50.7. The Morgan fingerprint density at radius 3 is 1.19 bits per heavy atom. The van der Waals surface area contributed by atoms with E-state index in [0.29, 0.717) is 17.8 Å². The monoisotopic (exact) mass is 904 g/mol. The maximum Gasteiger partial charge on any atom is 0.0618 e. The van der Waals surface area contributed by atoms with Gasteiger partial charge in [-0.05, 0) is 161 Å². The van der Waals surface area contributed by atoms with Crippen molar-refractivity contribution in [2.24, 2.45) is 0 Å². The number of hydrogen-bond donors (Lipinski definition) is 0. The van der Waals surface area contributed by atoms with Crippen LogP contribution in [0.3, 0.4) is 0 Å². The highest BCUT2D eigenvalue weighted by Gasteiger charge is 2.25. The van der Waals surface area contributed by atoms with E-state index in [9.17, 15) is 0 Å². The fourth-order valence-corrected chi connectivity index (χ4v) is 10.6. The Morgan fingerprint density at radius 1 is 0.397 bits per heavy atom. The second-order valence-corrected chi connectivity index (χ2v) is 23.3. The molecule has 0 spiro atoms. The zero-order valence-electron chi connectivity index (χ0n) is 44.5. The van der Waals surface area contributed by atoms with Gasteiger partial charge in [0.2, 0.25) is 0 Å². The van der Waals surface area contributed by atoms with Crippen LogP contribution in [0.2, 0.25) is 0 Å². The molecule has 0 saturated heterocycles. The molecular weight excluding hydrogens is 819 g/mol. The Hall–Kier alpha value is -5.14. The topological polar surface area (TPSA) is 3.24 Å². The van der Waals surface area contributed by atoms with Crippen LogP contribution in [-0.2, 0) is 10.8 Å². The van der Waals surface area contributed by atoms with Crippen molar-refractivity contribution in [3.05, 3.63) is 184 Å². The van der Waals surface area contributed by atoms with Gasteiger partial charge in [0.15, 0.2) is 0 Å². The lowest BCUT2D eigenvalue weighted by atomic mass is 9.82. The maximum atomic E-state index is 2.54. The normalized spacial score (nSPS) is 15.0. The van der Waals surface area contributed by atoms with Crippen molar-refractivity contribution < 1.29 is 0 Å². The molecule has 0 amide bonds. The Bertz CT molecular complexity index is 2690. The highest BCUT2D eigenvalue weighted by Crippen LogP contribution is 2.48. The predicted octanol–water partition coefficient (Wildman–Crippen LogP) is 20.7. The molecule has 7 aromatic carbocycles. The van der Waals surface area contributed by atoms with Crippen LogP contribution in [0.5, 0.6) is 0 Å². The van der Waals surface area contributed by atoms with Crippen molar-refractivity contribution in [3.8, 4) is 0 Å². The number of anilines is 3. The van der Waals surface area contributed by atoms with Gasteiger partial charge in [0.1, 0.15) is 0 Å². The molecule has 0 aliphatic heterocycles. The van der Waals surface area contributed by atoms with Crippen LogP contribution in [0.4, 0.5) is 17.1 Å². The molecule has 2 aliphatic rings. The molecule has 0 aromatic heterocycles. The standard InChI is InChI=1S/C44H53N.C13H18.C10H14/c1-29(2)31-15-21-36(22-16-31)45(37-23-17-33(18-24-37)32-13-11-10-12-14-32)42-39-26-20-34(43(4,5)6)27-40(39)30(3)38-25-19-35(28-41(38)42)44(7,8)9;1-11-7-9-13(10-8-11)12-5-3-2-4-6-12;1-8(2)10-6-4-9(3)5-7-10/h15-29,32H,10-14H2,1-9H3;7-10,12H,2-6H2,1H3;4-8H,1-3H3. The smallest absolute Gasteiger partial charge is 0.0618 e. The van der Waals surface area contributed by atoms with E-state index in [1.165, 1.54) is 147 Å². The number of aryl methyl sites for hydroxylation is 3. The number of hydrogen-bond acceptors (Lipinski definition) is 1. The molecule has 2 saturated carbocycles. The third kappa shape index (κ3) is 12.4. The molecule has 358 valence electrons. The molecule has 0 atom stereocenters. The van der Waals surface area contributed by atoms with Crippen molar-refractivity contribution in [1.29, 1.82) is 0 Å². The van der Waals surface area contributed by atoms with Gasteiger partial charge in [-0.3, -0.25) is 0 Å². The Balaban J connectivity index is 0.000000241. The average Bonchev–Trinajstić information content (AvgIpc) is 3.33. The van der Waals surface area contributed by atoms with E-state index in [1.54, 1.807) is 5.56 Å². The second-order valence-electron chi connectivity index (χ2n) is 23.3. The first-order valence-electron chi connectivity index (χ1n) is 26.5. The molecule has 0 unspecified atom stereocenters. The summed E-state index contributed by atoms with van der Waals surface area (Å²) in [6.07, 6.45) is 13.8. The largest absolute Gasteiger partial charge is 0.309 e.